The second-order valence-electron chi connectivity index (χ2n) is 14.9. The van der Waals surface area contributed by atoms with Crippen LogP contribution in [-0.2, 0) is 60.3 Å². The zero-order chi connectivity index (χ0) is 54.8. The lowest BCUT2D eigenvalue weighted by atomic mass is 10.1. The third kappa shape index (κ3) is 22.4. The molecule has 1 fully saturated rings. The van der Waals surface area contributed by atoms with Crippen LogP contribution < -0.4 is 38.4 Å². The number of rotatable bonds is 29. The van der Waals surface area contributed by atoms with Crippen molar-refractivity contribution in [1.29, 1.82) is 0 Å². The number of amides is 4. The number of anilines is 1. The number of benzene rings is 1. The standard InChI is InChI=1S/C36H49N8O24P3S2/c37-30-20(16-44(36(57)43-30)27-15-24(45)25(66-27)17-65-70(61,62)68-71(63,64)67-69(58,59)60)6-2-9-39-26(46)8-11-73-72-10-3-7-21(40-32(52)19-5-1-4-18(12-19)31(38)51)33(53)41-22(13-28(47)48)34(54)42-23(35(55)56)14-29(49)50/h1,4-5,12,16,21-25,27,31,45,51H,3,7-11,13-15,17,38H2,(H,39,46)(H,40,52)(H,41,53)(H,42,54)(H,47,48)(H,49,50)(H,55,56)(H,61,62)(H,63,64)(H2,37,43,57)(H2,58,59,60)/t21?,22?,23?,24?,25?,27-,31-/m1/s1. The summed E-state index contributed by atoms with van der Waals surface area (Å²) in [5.41, 5.74) is 10.5. The van der Waals surface area contributed by atoms with Crippen molar-refractivity contribution in [3.05, 3.63) is 57.6 Å². The number of phosphoric ester groups is 1. The van der Waals surface area contributed by atoms with Gasteiger partial charge in [-0.25, -0.2) is 23.3 Å². The topological polar surface area (TPSA) is 525 Å². The van der Waals surface area contributed by atoms with Gasteiger partial charge in [0.25, 0.3) is 5.91 Å². The second kappa shape index (κ2) is 28.4. The molecule has 4 amide bonds. The Hall–Kier alpha value is -5.30. The summed E-state index contributed by atoms with van der Waals surface area (Å²) in [6, 6.07) is 0.131. The Balaban J connectivity index is 1.54. The molecule has 1 aromatic heterocycles. The van der Waals surface area contributed by atoms with Gasteiger partial charge in [-0.2, -0.15) is 13.6 Å². The number of phosphoric acid groups is 3. The SMILES string of the molecule is Nc1nc(=O)n([C@H]2CC(O)C(COP(=O)(O)OP(=O)(O)OP(=O)(O)O)O2)cc1C#CCNC(=O)CCSSCCCC(NC(=O)c1cccc([C@H](N)O)c1)C(=O)NC(CC(=O)O)C(=O)NC(CC(=O)O)C(=O)O. The highest BCUT2D eigenvalue weighted by Crippen LogP contribution is 2.66. The van der Waals surface area contributed by atoms with E-state index in [1.54, 1.807) is 0 Å². The molecule has 2 heterocycles. The number of nitrogens with two attached hydrogens (primary N) is 2. The number of aliphatic carboxylic acids is 3. The summed E-state index contributed by atoms with van der Waals surface area (Å²) in [5.74, 6) is -3.05. The first-order valence-corrected chi connectivity index (χ1v) is 27.6. The predicted octanol–water partition coefficient (Wildman–Crippen LogP) is -2.41. The zero-order valence-electron chi connectivity index (χ0n) is 37.4. The third-order valence-corrected chi connectivity index (χ3v) is 15.5. The van der Waals surface area contributed by atoms with E-state index in [4.69, 9.17) is 31.1 Å². The van der Waals surface area contributed by atoms with Crippen LogP contribution in [0.1, 0.15) is 72.5 Å². The van der Waals surface area contributed by atoms with E-state index in [-0.39, 0.29) is 60.5 Å². The first-order chi connectivity index (χ1) is 34.0. The smallest absolute Gasteiger partial charge is 0.481 e. The lowest BCUT2D eigenvalue weighted by molar-refractivity contribution is -0.148. The van der Waals surface area contributed by atoms with Gasteiger partial charge in [0.2, 0.25) is 17.7 Å². The van der Waals surface area contributed by atoms with Gasteiger partial charge in [-0.05, 0) is 30.5 Å². The highest BCUT2D eigenvalue weighted by atomic mass is 33.1. The maximum absolute atomic E-state index is 13.5. The zero-order valence-corrected chi connectivity index (χ0v) is 41.7. The molecule has 0 saturated carbocycles. The molecule has 73 heavy (non-hydrogen) atoms. The summed E-state index contributed by atoms with van der Waals surface area (Å²) in [5, 5.41) is 57.0. The van der Waals surface area contributed by atoms with Crippen molar-refractivity contribution in [2.24, 2.45) is 5.73 Å². The maximum atomic E-state index is 13.5. The summed E-state index contributed by atoms with van der Waals surface area (Å²) < 4.78 is 52.6. The fourth-order valence-corrected chi connectivity index (χ4v) is 11.1. The van der Waals surface area contributed by atoms with Gasteiger partial charge in [-0.15, -0.1) is 0 Å². The van der Waals surface area contributed by atoms with Crippen molar-refractivity contribution >= 4 is 92.4 Å². The molecule has 0 aliphatic carbocycles. The first-order valence-electron chi connectivity index (χ1n) is 20.6. The molecule has 1 aliphatic heterocycles. The van der Waals surface area contributed by atoms with E-state index < -0.39 is 133 Å². The molecule has 0 bridgehead atoms. The maximum Gasteiger partial charge on any atom is 0.490 e. The summed E-state index contributed by atoms with van der Waals surface area (Å²) in [7, 11) is -14.5. The minimum atomic E-state index is -5.82. The van der Waals surface area contributed by atoms with Gasteiger partial charge >= 0.3 is 47.1 Å². The number of hydrogen-bond acceptors (Lipinski definition) is 22. The lowest BCUT2D eigenvalue weighted by Crippen LogP contribution is -2.56. The van der Waals surface area contributed by atoms with Crippen LogP contribution in [-0.4, -0.2) is 151 Å². The minimum Gasteiger partial charge on any atom is -0.481 e. The number of carbonyl (C=O) groups is 7. The van der Waals surface area contributed by atoms with E-state index in [0.717, 1.165) is 10.8 Å². The number of nitrogen functional groups attached to an aromatic ring is 1. The van der Waals surface area contributed by atoms with Crippen LogP contribution in [0, 0.1) is 11.8 Å². The molecule has 1 aromatic carbocycles. The molecular weight excluding hydrogens is 1090 g/mol. The van der Waals surface area contributed by atoms with Crippen molar-refractivity contribution in [1.82, 2.24) is 30.8 Å². The van der Waals surface area contributed by atoms with Crippen molar-refractivity contribution in [3.8, 4) is 11.8 Å². The van der Waals surface area contributed by atoms with Crippen molar-refractivity contribution in [2.45, 2.75) is 81.3 Å². The predicted molar refractivity (Wildman–Crippen MR) is 249 cm³/mol. The fraction of sp³-hybridized carbons (Fsp3) is 0.472. The molecule has 0 spiro atoms. The summed E-state index contributed by atoms with van der Waals surface area (Å²) in [6.07, 6.45) is -6.91. The first kappa shape index (κ1) is 62.0. The highest BCUT2D eigenvalue weighted by molar-refractivity contribution is 8.76. The van der Waals surface area contributed by atoms with Crippen LogP contribution in [0.5, 0.6) is 0 Å². The Morgan fingerprint density at radius 1 is 0.904 bits per heavy atom. The molecule has 32 nitrogen and oxygen atoms in total. The fourth-order valence-electron chi connectivity index (χ4n) is 5.94. The molecule has 9 atom stereocenters. The number of hydrogen-bond donors (Lipinski definition) is 15. The van der Waals surface area contributed by atoms with Gasteiger partial charge in [0.05, 0.1) is 37.7 Å². The number of nitrogens with one attached hydrogen (secondary N) is 4. The van der Waals surface area contributed by atoms with E-state index in [2.05, 4.69) is 45.9 Å². The Morgan fingerprint density at radius 3 is 2.16 bits per heavy atom. The van der Waals surface area contributed by atoms with Gasteiger partial charge in [0.1, 0.15) is 42.5 Å². The monoisotopic (exact) mass is 1130 g/mol. The van der Waals surface area contributed by atoms with Crippen molar-refractivity contribution < 1.29 is 110 Å². The van der Waals surface area contributed by atoms with Gasteiger partial charge in [0, 0.05) is 36.1 Å². The number of carboxylic acids is 3. The van der Waals surface area contributed by atoms with E-state index in [0.29, 0.717) is 5.75 Å². The van der Waals surface area contributed by atoms with Crippen LogP contribution in [0.25, 0.3) is 0 Å². The Labute approximate surface area is 419 Å². The highest BCUT2D eigenvalue weighted by Gasteiger charge is 2.43. The molecule has 3 rings (SSSR count). The van der Waals surface area contributed by atoms with Gasteiger partial charge < -0.3 is 82.6 Å². The number of ether oxygens (including phenoxy) is 1. The molecule has 404 valence electrons. The van der Waals surface area contributed by atoms with Crippen molar-refractivity contribution in [3.63, 3.8) is 0 Å². The molecule has 37 heteroatoms. The van der Waals surface area contributed by atoms with Crippen LogP contribution in [0.4, 0.5) is 5.82 Å². The lowest BCUT2D eigenvalue weighted by Gasteiger charge is -2.23. The number of carbonyl (C=O) groups excluding carboxylic acids is 4. The number of nitrogens with zero attached hydrogens (tertiary/aromatic N) is 2. The normalized spacial score (nSPS) is 18.8. The van der Waals surface area contributed by atoms with Crippen LogP contribution in [0.3, 0.4) is 0 Å². The summed E-state index contributed by atoms with van der Waals surface area (Å²) >= 11 is 0. The van der Waals surface area contributed by atoms with Gasteiger partial charge in [0.15, 0.2) is 0 Å². The molecule has 2 aromatic rings. The second-order valence-corrected chi connectivity index (χ2v) is 22.0. The Morgan fingerprint density at radius 2 is 1.53 bits per heavy atom. The third-order valence-electron chi connectivity index (χ3n) is 9.24. The Kier molecular flexibility index (Phi) is 24.1. The van der Waals surface area contributed by atoms with E-state index in [1.807, 2.05) is 5.32 Å². The number of aliphatic hydroxyl groups excluding tert-OH is 2. The number of aromatic nitrogens is 2. The van der Waals surface area contributed by atoms with Gasteiger partial charge in [-0.1, -0.05) is 45.6 Å². The molecule has 0 radical (unpaired) electrons. The van der Waals surface area contributed by atoms with Gasteiger partial charge in [-0.3, -0.25) is 37.9 Å². The average molecular weight is 1130 g/mol. The molecule has 7 unspecified atom stereocenters. The molecule has 1 aliphatic rings. The minimum absolute atomic E-state index is 0.00161. The van der Waals surface area contributed by atoms with Crippen LogP contribution in [0.15, 0.2) is 35.3 Å². The number of carboxylic acid groups (broad SMARTS) is 3. The van der Waals surface area contributed by atoms with E-state index >= 15 is 0 Å². The summed E-state index contributed by atoms with van der Waals surface area (Å²) in [6.45, 7) is -1.21. The summed E-state index contributed by atoms with van der Waals surface area (Å²) in [4.78, 5) is 139. The molecule has 1 saturated heterocycles. The number of aliphatic hydroxyl groups is 2. The average Bonchev–Trinajstić information content (AvgIpc) is 3.64. The van der Waals surface area contributed by atoms with Crippen LogP contribution in [0.2, 0.25) is 0 Å². The quantitative estimate of drug-likeness (QED) is 0.0133. The molecular formula is C36H49N8O24P3S2. The van der Waals surface area contributed by atoms with Crippen molar-refractivity contribution in [2.75, 3.05) is 30.4 Å². The van der Waals surface area contributed by atoms with E-state index in [1.165, 1.54) is 45.9 Å². The van der Waals surface area contributed by atoms with E-state index in [9.17, 15) is 82.3 Å². The molecule has 17 N–H and O–H groups in total. The van der Waals surface area contributed by atoms with Crippen LogP contribution >= 0.6 is 45.1 Å². The Bertz CT molecular complexity index is 2630. The largest absolute Gasteiger partial charge is 0.490 e.